The van der Waals surface area contributed by atoms with Crippen LogP contribution in [0.2, 0.25) is 0 Å². The molecule has 0 atom stereocenters. The number of hydrogen-bond donors (Lipinski definition) is 1. The minimum atomic E-state index is 0.0812. The summed E-state index contributed by atoms with van der Waals surface area (Å²) in [5, 5.41) is 10.0. The molecule has 1 N–H and O–H groups in total. The summed E-state index contributed by atoms with van der Waals surface area (Å²) in [5.41, 5.74) is 0.932. The predicted molar refractivity (Wildman–Crippen MR) is 60.3 cm³/mol. The van der Waals surface area contributed by atoms with Crippen LogP contribution in [0.5, 0.6) is 0 Å². The summed E-state index contributed by atoms with van der Waals surface area (Å²) in [4.78, 5) is 4.25. The van der Waals surface area contributed by atoms with Crippen molar-refractivity contribution in [2.24, 2.45) is 5.92 Å². The number of thioether (sulfide) groups is 1. The highest BCUT2D eigenvalue weighted by Crippen LogP contribution is 2.21. The first-order chi connectivity index (χ1) is 6.74. The van der Waals surface area contributed by atoms with Crippen LogP contribution in [0.3, 0.4) is 0 Å². The Kier molecular flexibility index (Phi) is 4.98. The minimum absolute atomic E-state index is 0.0812. The summed E-state index contributed by atoms with van der Waals surface area (Å²) in [5.74, 6) is 1.80. The third-order valence-electron chi connectivity index (χ3n) is 1.95. The molecule has 78 valence electrons. The topological polar surface area (TPSA) is 33.1 Å². The van der Waals surface area contributed by atoms with Gasteiger partial charge in [0.05, 0.1) is 6.61 Å². The Labute approximate surface area is 89.8 Å². The summed E-state index contributed by atoms with van der Waals surface area (Å²) < 4.78 is 0. The first kappa shape index (κ1) is 11.5. The van der Waals surface area contributed by atoms with Gasteiger partial charge in [-0.15, -0.1) is 11.8 Å². The third kappa shape index (κ3) is 3.68. The molecule has 3 heteroatoms. The van der Waals surface area contributed by atoms with E-state index in [1.54, 1.807) is 18.0 Å². The van der Waals surface area contributed by atoms with Gasteiger partial charge in [-0.2, -0.15) is 0 Å². The standard InChI is InChI=1S/C11H17NOS/c1-9(2)5-7-14-11-10(8-13)4-3-6-12-11/h3-4,6,9,13H,5,7-8H2,1-2H3. The van der Waals surface area contributed by atoms with Crippen LogP contribution in [0.4, 0.5) is 0 Å². The minimum Gasteiger partial charge on any atom is -0.392 e. The fourth-order valence-electron chi connectivity index (χ4n) is 1.07. The van der Waals surface area contributed by atoms with Crippen molar-refractivity contribution >= 4 is 11.8 Å². The molecule has 0 aliphatic carbocycles. The molecular formula is C11H17NOS. The van der Waals surface area contributed by atoms with Gasteiger partial charge in [-0.1, -0.05) is 19.9 Å². The third-order valence-corrected chi connectivity index (χ3v) is 3.04. The first-order valence-electron chi connectivity index (χ1n) is 4.91. The Hall–Kier alpha value is -0.540. The van der Waals surface area contributed by atoms with Gasteiger partial charge in [0.1, 0.15) is 5.03 Å². The molecule has 0 unspecified atom stereocenters. The number of aliphatic hydroxyl groups excluding tert-OH is 1. The van der Waals surface area contributed by atoms with Gasteiger partial charge in [0.15, 0.2) is 0 Å². The van der Waals surface area contributed by atoms with Crippen LogP contribution in [0.15, 0.2) is 23.4 Å². The average molecular weight is 211 g/mol. The molecule has 0 saturated heterocycles. The van der Waals surface area contributed by atoms with Gasteiger partial charge in [0.25, 0.3) is 0 Å². The molecular weight excluding hydrogens is 194 g/mol. The summed E-state index contributed by atoms with van der Waals surface area (Å²) in [6.07, 6.45) is 2.96. The molecule has 0 saturated carbocycles. The van der Waals surface area contributed by atoms with Gasteiger partial charge in [-0.05, 0) is 24.2 Å². The van der Waals surface area contributed by atoms with Gasteiger partial charge < -0.3 is 5.11 Å². The first-order valence-corrected chi connectivity index (χ1v) is 5.90. The number of aromatic nitrogens is 1. The molecule has 0 radical (unpaired) electrons. The Morgan fingerprint density at radius 1 is 1.50 bits per heavy atom. The molecule has 0 fully saturated rings. The maximum atomic E-state index is 9.07. The van der Waals surface area contributed by atoms with Gasteiger partial charge >= 0.3 is 0 Å². The lowest BCUT2D eigenvalue weighted by Gasteiger charge is -2.06. The van der Waals surface area contributed by atoms with Gasteiger partial charge in [-0.25, -0.2) is 4.98 Å². The number of aliphatic hydroxyl groups is 1. The van der Waals surface area contributed by atoms with Crippen LogP contribution in [0.25, 0.3) is 0 Å². The van der Waals surface area contributed by atoms with Crippen molar-refractivity contribution in [3.63, 3.8) is 0 Å². The maximum absolute atomic E-state index is 9.07. The number of pyridine rings is 1. The van der Waals surface area contributed by atoms with Crippen molar-refractivity contribution in [1.82, 2.24) is 4.98 Å². The largest absolute Gasteiger partial charge is 0.392 e. The van der Waals surface area contributed by atoms with Gasteiger partial charge in [0.2, 0.25) is 0 Å². The lowest BCUT2D eigenvalue weighted by Crippen LogP contribution is -1.94. The van der Waals surface area contributed by atoms with Crippen molar-refractivity contribution in [2.45, 2.75) is 31.9 Å². The van der Waals surface area contributed by atoms with Crippen LogP contribution >= 0.6 is 11.8 Å². The normalized spacial score (nSPS) is 10.9. The van der Waals surface area contributed by atoms with Crippen LogP contribution in [-0.4, -0.2) is 15.8 Å². The van der Waals surface area contributed by atoms with Gasteiger partial charge in [-0.3, -0.25) is 0 Å². The summed E-state index contributed by atoms with van der Waals surface area (Å²) in [7, 11) is 0. The fourth-order valence-corrected chi connectivity index (χ4v) is 2.30. The summed E-state index contributed by atoms with van der Waals surface area (Å²) in [6.45, 7) is 4.51. The van der Waals surface area contributed by atoms with E-state index in [4.69, 9.17) is 5.11 Å². The van der Waals surface area contributed by atoms with E-state index >= 15 is 0 Å². The lowest BCUT2D eigenvalue weighted by molar-refractivity contribution is 0.278. The molecule has 14 heavy (non-hydrogen) atoms. The Morgan fingerprint density at radius 3 is 2.93 bits per heavy atom. The molecule has 1 rings (SSSR count). The van der Waals surface area contributed by atoms with Crippen molar-refractivity contribution in [2.75, 3.05) is 5.75 Å². The highest BCUT2D eigenvalue weighted by molar-refractivity contribution is 7.99. The molecule has 2 nitrogen and oxygen atoms in total. The summed E-state index contributed by atoms with van der Waals surface area (Å²) >= 11 is 1.73. The predicted octanol–water partition coefficient (Wildman–Crippen LogP) is 2.71. The second kappa shape index (κ2) is 6.04. The van der Waals surface area contributed by atoms with E-state index in [1.807, 2.05) is 12.1 Å². The lowest BCUT2D eigenvalue weighted by atomic mass is 10.2. The van der Waals surface area contributed by atoms with E-state index in [0.717, 1.165) is 22.3 Å². The molecule has 0 aliphatic rings. The zero-order valence-electron chi connectivity index (χ0n) is 8.73. The van der Waals surface area contributed by atoms with E-state index in [2.05, 4.69) is 18.8 Å². The molecule has 1 heterocycles. The van der Waals surface area contributed by atoms with Gasteiger partial charge in [0, 0.05) is 11.8 Å². The maximum Gasteiger partial charge on any atom is 0.101 e. The highest BCUT2D eigenvalue weighted by Gasteiger charge is 2.03. The van der Waals surface area contributed by atoms with E-state index < -0.39 is 0 Å². The van der Waals surface area contributed by atoms with E-state index in [1.165, 1.54) is 6.42 Å². The molecule has 0 aliphatic heterocycles. The number of nitrogens with zero attached hydrogens (tertiary/aromatic N) is 1. The van der Waals surface area contributed by atoms with Crippen molar-refractivity contribution in [3.8, 4) is 0 Å². The van der Waals surface area contributed by atoms with E-state index in [0.29, 0.717) is 0 Å². The Balaban J connectivity index is 2.49. The van der Waals surface area contributed by atoms with E-state index in [-0.39, 0.29) is 6.61 Å². The Morgan fingerprint density at radius 2 is 2.29 bits per heavy atom. The van der Waals surface area contributed by atoms with Crippen LogP contribution in [-0.2, 0) is 6.61 Å². The molecule has 1 aromatic heterocycles. The Bertz CT molecular complexity index is 276. The quantitative estimate of drug-likeness (QED) is 0.760. The van der Waals surface area contributed by atoms with Crippen LogP contribution in [0.1, 0.15) is 25.8 Å². The van der Waals surface area contributed by atoms with Crippen molar-refractivity contribution in [3.05, 3.63) is 23.9 Å². The van der Waals surface area contributed by atoms with E-state index in [9.17, 15) is 0 Å². The number of hydrogen-bond acceptors (Lipinski definition) is 3. The summed E-state index contributed by atoms with van der Waals surface area (Å²) in [6, 6.07) is 3.78. The fraction of sp³-hybridized carbons (Fsp3) is 0.545. The monoisotopic (exact) mass is 211 g/mol. The van der Waals surface area contributed by atoms with Crippen molar-refractivity contribution in [1.29, 1.82) is 0 Å². The van der Waals surface area contributed by atoms with Crippen LogP contribution in [0, 0.1) is 5.92 Å². The molecule has 0 spiro atoms. The zero-order chi connectivity index (χ0) is 10.4. The number of rotatable bonds is 5. The average Bonchev–Trinajstić information content (AvgIpc) is 2.18. The molecule has 1 aromatic rings. The molecule has 0 aromatic carbocycles. The second-order valence-electron chi connectivity index (χ2n) is 3.66. The van der Waals surface area contributed by atoms with Crippen molar-refractivity contribution < 1.29 is 5.11 Å². The zero-order valence-corrected chi connectivity index (χ0v) is 9.55. The molecule has 0 amide bonds. The SMILES string of the molecule is CC(C)CCSc1ncccc1CO. The second-order valence-corrected chi connectivity index (χ2v) is 4.74. The highest BCUT2D eigenvalue weighted by atomic mass is 32.2. The van der Waals surface area contributed by atoms with Crippen LogP contribution < -0.4 is 0 Å². The smallest absolute Gasteiger partial charge is 0.101 e. The molecule has 0 bridgehead atoms.